The largest absolute Gasteiger partial charge is 0.464 e. The number of unbranched alkanes of at least 4 members (excludes halogenated alkanes) is 2. The molecule has 1 saturated heterocycles. The SMILES string of the molecule is CCCCCOC(=O)CN1C(=O)S/C(=C/c2ccccc2)C1=S. The van der Waals surface area contributed by atoms with E-state index < -0.39 is 5.97 Å². The number of amides is 1. The van der Waals surface area contributed by atoms with Crippen LogP contribution in [0.3, 0.4) is 0 Å². The van der Waals surface area contributed by atoms with Crippen LogP contribution in [0.15, 0.2) is 35.2 Å². The van der Waals surface area contributed by atoms with E-state index in [1.54, 1.807) is 0 Å². The summed E-state index contributed by atoms with van der Waals surface area (Å²) in [5.41, 5.74) is 0.967. The van der Waals surface area contributed by atoms with Crippen LogP contribution in [-0.4, -0.2) is 34.2 Å². The number of ether oxygens (including phenoxy) is 1. The number of rotatable bonds is 7. The molecule has 6 heteroatoms. The maximum Gasteiger partial charge on any atom is 0.326 e. The van der Waals surface area contributed by atoms with Crippen LogP contribution < -0.4 is 0 Å². The van der Waals surface area contributed by atoms with E-state index in [-0.39, 0.29) is 11.8 Å². The Kier molecular flexibility index (Phi) is 6.80. The van der Waals surface area contributed by atoms with E-state index in [0.717, 1.165) is 36.6 Å². The van der Waals surface area contributed by atoms with Crippen molar-refractivity contribution in [1.29, 1.82) is 0 Å². The molecule has 0 aromatic heterocycles. The Morgan fingerprint density at radius 3 is 2.74 bits per heavy atom. The van der Waals surface area contributed by atoms with Crippen molar-refractivity contribution in [1.82, 2.24) is 4.90 Å². The molecule has 0 radical (unpaired) electrons. The van der Waals surface area contributed by atoms with E-state index in [4.69, 9.17) is 17.0 Å². The van der Waals surface area contributed by atoms with E-state index in [1.807, 2.05) is 36.4 Å². The van der Waals surface area contributed by atoms with Crippen molar-refractivity contribution in [3.63, 3.8) is 0 Å². The number of hydrogen-bond acceptors (Lipinski definition) is 5. The minimum absolute atomic E-state index is 0.122. The topological polar surface area (TPSA) is 46.6 Å². The van der Waals surface area contributed by atoms with Gasteiger partial charge in [-0.2, -0.15) is 0 Å². The molecule has 1 aromatic rings. The number of carbonyl (C=O) groups excluding carboxylic acids is 2. The maximum absolute atomic E-state index is 12.0. The summed E-state index contributed by atoms with van der Waals surface area (Å²) in [5.74, 6) is -0.418. The van der Waals surface area contributed by atoms with Crippen molar-refractivity contribution in [3.8, 4) is 0 Å². The number of hydrogen-bond donors (Lipinski definition) is 0. The van der Waals surface area contributed by atoms with Gasteiger partial charge < -0.3 is 4.74 Å². The Morgan fingerprint density at radius 1 is 1.30 bits per heavy atom. The fourth-order valence-electron chi connectivity index (χ4n) is 2.05. The zero-order chi connectivity index (χ0) is 16.7. The smallest absolute Gasteiger partial charge is 0.326 e. The highest BCUT2D eigenvalue weighted by Gasteiger charge is 2.33. The Labute approximate surface area is 145 Å². The third-order valence-corrected chi connectivity index (χ3v) is 4.76. The van der Waals surface area contributed by atoms with Crippen LogP contribution in [0.4, 0.5) is 4.79 Å². The standard InChI is InChI=1S/C17H19NO3S2/c1-2-3-7-10-21-15(19)12-18-16(22)14(23-17(18)20)11-13-8-5-4-6-9-13/h4-6,8-9,11H,2-3,7,10,12H2,1H3/b14-11+. The van der Waals surface area contributed by atoms with Crippen molar-refractivity contribution in [2.45, 2.75) is 26.2 Å². The number of thiocarbonyl (C=S) groups is 1. The Hall–Kier alpha value is -1.66. The van der Waals surface area contributed by atoms with Crippen molar-refractivity contribution >= 4 is 46.3 Å². The second kappa shape index (κ2) is 8.84. The summed E-state index contributed by atoms with van der Waals surface area (Å²) in [6.45, 7) is 2.35. The van der Waals surface area contributed by atoms with Gasteiger partial charge >= 0.3 is 5.97 Å². The fraction of sp³-hybridized carbons (Fsp3) is 0.353. The van der Waals surface area contributed by atoms with E-state index in [0.29, 0.717) is 16.5 Å². The van der Waals surface area contributed by atoms with Gasteiger partial charge in [0.1, 0.15) is 11.5 Å². The molecule has 0 aliphatic carbocycles. The average Bonchev–Trinajstić information content (AvgIpc) is 2.80. The van der Waals surface area contributed by atoms with Gasteiger partial charge in [0, 0.05) is 0 Å². The molecular weight excluding hydrogens is 330 g/mol. The van der Waals surface area contributed by atoms with Crippen LogP contribution in [0.1, 0.15) is 31.7 Å². The third-order valence-electron chi connectivity index (χ3n) is 3.27. The fourth-order valence-corrected chi connectivity index (χ4v) is 3.29. The molecule has 4 nitrogen and oxygen atoms in total. The quantitative estimate of drug-likeness (QED) is 0.319. The van der Waals surface area contributed by atoms with Crippen molar-refractivity contribution < 1.29 is 14.3 Å². The number of carbonyl (C=O) groups is 2. The first-order valence-electron chi connectivity index (χ1n) is 7.58. The summed E-state index contributed by atoms with van der Waals surface area (Å²) >= 11 is 6.37. The summed E-state index contributed by atoms with van der Waals surface area (Å²) < 4.78 is 5.14. The molecule has 1 aromatic carbocycles. The Morgan fingerprint density at radius 2 is 2.04 bits per heavy atom. The summed E-state index contributed by atoms with van der Waals surface area (Å²) in [6.07, 6.45) is 4.79. The number of benzene rings is 1. The van der Waals surface area contributed by atoms with Crippen molar-refractivity contribution in [2.75, 3.05) is 13.2 Å². The molecule has 0 N–H and O–H groups in total. The second-order valence-corrected chi connectivity index (χ2v) is 6.49. The zero-order valence-corrected chi connectivity index (χ0v) is 14.6. The molecule has 1 aliphatic heterocycles. The minimum atomic E-state index is -0.418. The highest BCUT2D eigenvalue weighted by molar-refractivity contribution is 8.19. The molecule has 122 valence electrons. The first kappa shape index (κ1) is 17.7. The maximum atomic E-state index is 12.0. The predicted molar refractivity (Wildman–Crippen MR) is 97.2 cm³/mol. The van der Waals surface area contributed by atoms with Gasteiger partial charge in [-0.05, 0) is 29.8 Å². The van der Waals surface area contributed by atoms with Gasteiger partial charge in [0.2, 0.25) is 0 Å². The Bertz CT molecular complexity index is 614. The lowest BCUT2D eigenvalue weighted by Gasteiger charge is -2.13. The number of nitrogens with zero attached hydrogens (tertiary/aromatic N) is 1. The number of esters is 1. The lowest BCUT2D eigenvalue weighted by Crippen LogP contribution is -2.33. The van der Waals surface area contributed by atoms with Gasteiger partial charge in [0.05, 0.1) is 11.5 Å². The molecule has 1 amide bonds. The van der Waals surface area contributed by atoms with Crippen molar-refractivity contribution in [3.05, 3.63) is 40.8 Å². The molecule has 1 heterocycles. The van der Waals surface area contributed by atoms with E-state index >= 15 is 0 Å². The minimum Gasteiger partial charge on any atom is -0.464 e. The predicted octanol–water partition coefficient (Wildman–Crippen LogP) is 4.26. The molecule has 1 fully saturated rings. The molecule has 0 bridgehead atoms. The van der Waals surface area contributed by atoms with Crippen LogP contribution in [-0.2, 0) is 9.53 Å². The van der Waals surface area contributed by atoms with E-state index in [2.05, 4.69) is 6.92 Å². The molecule has 0 unspecified atom stereocenters. The average molecular weight is 349 g/mol. The highest BCUT2D eigenvalue weighted by atomic mass is 32.2. The summed E-state index contributed by atoms with van der Waals surface area (Å²) in [5, 5.41) is -0.234. The number of thioether (sulfide) groups is 1. The lowest BCUT2D eigenvalue weighted by atomic mass is 10.2. The summed E-state index contributed by atoms with van der Waals surface area (Å²) in [7, 11) is 0. The Balaban J connectivity index is 1.94. The molecule has 0 saturated carbocycles. The first-order valence-corrected chi connectivity index (χ1v) is 8.80. The van der Waals surface area contributed by atoms with Gasteiger partial charge in [-0.25, -0.2) is 0 Å². The van der Waals surface area contributed by atoms with Crippen molar-refractivity contribution in [2.24, 2.45) is 0 Å². The van der Waals surface area contributed by atoms with Crippen LogP contribution >= 0.6 is 24.0 Å². The van der Waals surface area contributed by atoms with Gasteiger partial charge in [-0.15, -0.1) is 0 Å². The van der Waals surface area contributed by atoms with E-state index in [9.17, 15) is 9.59 Å². The monoisotopic (exact) mass is 349 g/mol. The normalized spacial score (nSPS) is 16.2. The summed E-state index contributed by atoms with van der Waals surface area (Å²) in [4.78, 5) is 26.2. The molecule has 1 aliphatic rings. The van der Waals surface area contributed by atoms with Gasteiger partial charge in [0.25, 0.3) is 5.24 Å². The zero-order valence-electron chi connectivity index (χ0n) is 13.0. The van der Waals surface area contributed by atoms with Gasteiger partial charge in [0.15, 0.2) is 0 Å². The highest BCUT2D eigenvalue weighted by Crippen LogP contribution is 2.33. The van der Waals surface area contributed by atoms with Crippen LogP contribution in [0.25, 0.3) is 6.08 Å². The van der Waals surface area contributed by atoms with Crippen LogP contribution in [0.5, 0.6) is 0 Å². The third kappa shape index (κ3) is 5.18. The summed E-state index contributed by atoms with van der Waals surface area (Å²) in [6, 6.07) is 9.63. The van der Waals surface area contributed by atoms with Gasteiger partial charge in [-0.1, -0.05) is 62.3 Å². The second-order valence-electron chi connectivity index (χ2n) is 5.11. The van der Waals surface area contributed by atoms with E-state index in [1.165, 1.54) is 4.90 Å². The van der Waals surface area contributed by atoms with Crippen LogP contribution in [0.2, 0.25) is 0 Å². The first-order chi connectivity index (χ1) is 11.1. The van der Waals surface area contributed by atoms with Gasteiger partial charge in [-0.3, -0.25) is 14.5 Å². The molecule has 2 rings (SSSR count). The molecule has 0 atom stereocenters. The van der Waals surface area contributed by atoms with Crippen LogP contribution in [0, 0.1) is 0 Å². The lowest BCUT2D eigenvalue weighted by molar-refractivity contribution is -0.143. The molecule has 0 spiro atoms. The molecular formula is C17H19NO3S2. The molecule has 23 heavy (non-hydrogen) atoms.